The highest BCUT2D eigenvalue weighted by molar-refractivity contribution is 14.0. The van der Waals surface area contributed by atoms with Crippen molar-refractivity contribution in [3.63, 3.8) is 0 Å². The van der Waals surface area contributed by atoms with E-state index in [2.05, 4.69) is 95.2 Å². The van der Waals surface area contributed by atoms with Crippen molar-refractivity contribution < 1.29 is 0 Å². The number of aromatic nitrogens is 2. The molecule has 2 N–H and O–H groups in total. The summed E-state index contributed by atoms with van der Waals surface area (Å²) in [6.07, 6.45) is 0. The van der Waals surface area contributed by atoms with Crippen LogP contribution in [0.4, 0.5) is 0 Å². The fourth-order valence-electron chi connectivity index (χ4n) is 3.54. The summed E-state index contributed by atoms with van der Waals surface area (Å²) < 4.78 is 2.00. The Hall–Kier alpha value is -2.39. The number of rotatable bonds is 7. The zero-order chi connectivity index (χ0) is 21.5. The second-order valence-corrected chi connectivity index (χ2v) is 7.75. The smallest absolute Gasteiger partial charge is 0.191 e. The lowest BCUT2D eigenvalue weighted by atomic mass is 10.1. The molecule has 6 nitrogen and oxygen atoms in total. The molecule has 0 atom stereocenters. The molecule has 0 fully saturated rings. The van der Waals surface area contributed by atoms with E-state index in [0.29, 0.717) is 6.54 Å². The van der Waals surface area contributed by atoms with Gasteiger partial charge in [-0.3, -0.25) is 4.99 Å². The van der Waals surface area contributed by atoms with Gasteiger partial charge in [0.25, 0.3) is 0 Å². The quantitative estimate of drug-likeness (QED) is 0.274. The zero-order valence-corrected chi connectivity index (χ0v) is 21.3. The maximum atomic E-state index is 4.64. The van der Waals surface area contributed by atoms with Crippen molar-refractivity contribution >= 4 is 29.9 Å². The average Bonchev–Trinajstić information content (AvgIpc) is 3.07. The molecule has 2 aromatic carbocycles. The topological polar surface area (TPSA) is 57.5 Å². The van der Waals surface area contributed by atoms with Crippen LogP contribution in [0.25, 0.3) is 5.69 Å². The summed E-state index contributed by atoms with van der Waals surface area (Å²) >= 11 is 0. The number of aliphatic imine (C=N–C) groups is 1. The molecule has 0 aliphatic carbocycles. The van der Waals surface area contributed by atoms with E-state index in [9.17, 15) is 0 Å². The van der Waals surface area contributed by atoms with Gasteiger partial charge in [-0.1, -0.05) is 42.5 Å². The van der Waals surface area contributed by atoms with E-state index in [1.807, 2.05) is 17.7 Å². The summed E-state index contributed by atoms with van der Waals surface area (Å²) in [5.74, 6) is 0.776. The van der Waals surface area contributed by atoms with Gasteiger partial charge in [0, 0.05) is 32.4 Å². The Morgan fingerprint density at radius 2 is 1.52 bits per heavy atom. The second kappa shape index (κ2) is 11.9. The van der Waals surface area contributed by atoms with Crippen LogP contribution >= 0.6 is 24.0 Å². The van der Waals surface area contributed by atoms with E-state index in [1.54, 1.807) is 7.05 Å². The predicted molar refractivity (Wildman–Crippen MR) is 139 cm³/mol. The number of halogens is 1. The van der Waals surface area contributed by atoms with E-state index in [1.165, 1.54) is 16.7 Å². The van der Waals surface area contributed by atoms with Gasteiger partial charge in [0.05, 0.1) is 11.4 Å². The van der Waals surface area contributed by atoms with Crippen LogP contribution in [0.2, 0.25) is 0 Å². The third kappa shape index (κ3) is 6.80. The fourth-order valence-corrected chi connectivity index (χ4v) is 3.54. The Bertz CT molecular complexity index is 1010. The van der Waals surface area contributed by atoms with Crippen molar-refractivity contribution in [2.75, 3.05) is 21.1 Å². The first-order valence-corrected chi connectivity index (χ1v) is 10.3. The maximum absolute atomic E-state index is 4.64. The summed E-state index contributed by atoms with van der Waals surface area (Å²) in [6, 6.07) is 18.9. The molecule has 0 saturated carbocycles. The van der Waals surface area contributed by atoms with Crippen molar-refractivity contribution in [2.24, 2.45) is 4.99 Å². The standard InChI is InChI=1S/C24H32N6.HI/c1-18-14-19(2)30(28-18)23-13-9-8-11-21(23)16-27-24(25-3)26-15-20-10-6-7-12-22(20)17-29(4)5;/h6-14H,15-17H2,1-5H3,(H2,25,26,27);1H. The molecule has 7 heteroatoms. The van der Waals surface area contributed by atoms with Crippen molar-refractivity contribution in [1.82, 2.24) is 25.3 Å². The first-order chi connectivity index (χ1) is 14.5. The number of nitrogens with one attached hydrogen (secondary N) is 2. The van der Waals surface area contributed by atoms with Gasteiger partial charge in [-0.25, -0.2) is 4.68 Å². The Morgan fingerprint density at radius 1 is 0.935 bits per heavy atom. The summed E-state index contributed by atoms with van der Waals surface area (Å²) in [6.45, 7) is 6.40. The van der Waals surface area contributed by atoms with Gasteiger partial charge in [-0.2, -0.15) is 5.10 Å². The molecule has 0 radical (unpaired) electrons. The van der Waals surface area contributed by atoms with Crippen molar-refractivity contribution in [1.29, 1.82) is 0 Å². The molecule has 0 aliphatic heterocycles. The molecule has 0 amide bonds. The number of aryl methyl sites for hydroxylation is 2. The van der Waals surface area contributed by atoms with Crippen LogP contribution in [0.1, 0.15) is 28.1 Å². The zero-order valence-electron chi connectivity index (χ0n) is 19.0. The Kier molecular flexibility index (Phi) is 9.51. The lowest BCUT2D eigenvalue weighted by molar-refractivity contribution is 0.400. The van der Waals surface area contributed by atoms with Crippen molar-refractivity contribution in [3.05, 3.63) is 82.7 Å². The van der Waals surface area contributed by atoms with Gasteiger partial charge >= 0.3 is 0 Å². The third-order valence-corrected chi connectivity index (χ3v) is 4.95. The largest absolute Gasteiger partial charge is 0.352 e. The minimum atomic E-state index is 0. The Morgan fingerprint density at radius 3 is 2.10 bits per heavy atom. The molecule has 0 aliphatic rings. The van der Waals surface area contributed by atoms with E-state index in [4.69, 9.17) is 0 Å². The molecule has 0 bridgehead atoms. The van der Waals surface area contributed by atoms with Crippen LogP contribution in [0.15, 0.2) is 59.6 Å². The van der Waals surface area contributed by atoms with Crippen LogP contribution in [-0.4, -0.2) is 41.8 Å². The van der Waals surface area contributed by atoms with Gasteiger partial charge < -0.3 is 15.5 Å². The molecule has 0 unspecified atom stereocenters. The highest BCUT2D eigenvalue weighted by atomic mass is 127. The Labute approximate surface area is 202 Å². The van der Waals surface area contributed by atoms with Gasteiger partial charge in [0.2, 0.25) is 0 Å². The van der Waals surface area contributed by atoms with E-state index >= 15 is 0 Å². The highest BCUT2D eigenvalue weighted by Gasteiger charge is 2.10. The van der Waals surface area contributed by atoms with Gasteiger partial charge in [0.15, 0.2) is 5.96 Å². The molecule has 0 saturated heterocycles. The summed E-state index contributed by atoms with van der Waals surface area (Å²) in [5.41, 5.74) is 6.99. The number of guanidine groups is 1. The number of hydrogen-bond donors (Lipinski definition) is 2. The lowest BCUT2D eigenvalue weighted by Gasteiger charge is -2.17. The number of para-hydroxylation sites is 1. The monoisotopic (exact) mass is 532 g/mol. The minimum absolute atomic E-state index is 0. The van der Waals surface area contributed by atoms with Crippen LogP contribution in [0.5, 0.6) is 0 Å². The average molecular weight is 532 g/mol. The van der Waals surface area contributed by atoms with Crippen molar-refractivity contribution in [2.45, 2.75) is 33.5 Å². The fraction of sp³-hybridized carbons (Fsp3) is 0.333. The predicted octanol–water partition coefficient (Wildman–Crippen LogP) is 4.03. The molecule has 0 spiro atoms. The number of nitrogens with zero attached hydrogens (tertiary/aromatic N) is 4. The molecule has 3 aromatic rings. The summed E-state index contributed by atoms with van der Waals surface area (Å²) in [5, 5.41) is 11.5. The van der Waals surface area contributed by atoms with Gasteiger partial charge in [-0.15, -0.1) is 24.0 Å². The molecular weight excluding hydrogens is 499 g/mol. The summed E-state index contributed by atoms with van der Waals surface area (Å²) in [7, 11) is 5.98. The second-order valence-electron chi connectivity index (χ2n) is 7.75. The van der Waals surface area contributed by atoms with E-state index in [-0.39, 0.29) is 24.0 Å². The third-order valence-electron chi connectivity index (χ3n) is 4.95. The number of benzene rings is 2. The van der Waals surface area contributed by atoms with Gasteiger partial charge in [0.1, 0.15) is 0 Å². The number of hydrogen-bond acceptors (Lipinski definition) is 3. The van der Waals surface area contributed by atoms with Crippen LogP contribution in [0, 0.1) is 13.8 Å². The molecule has 1 heterocycles. The van der Waals surface area contributed by atoms with E-state index < -0.39 is 0 Å². The van der Waals surface area contributed by atoms with Crippen molar-refractivity contribution in [3.8, 4) is 5.69 Å². The highest BCUT2D eigenvalue weighted by Crippen LogP contribution is 2.17. The first-order valence-electron chi connectivity index (χ1n) is 10.3. The lowest BCUT2D eigenvalue weighted by Crippen LogP contribution is -2.36. The SMILES string of the molecule is CN=C(NCc1ccccc1CN(C)C)NCc1ccccc1-n1nc(C)cc1C.I. The maximum Gasteiger partial charge on any atom is 0.191 e. The Balaban J connectivity index is 0.00000341. The summed E-state index contributed by atoms with van der Waals surface area (Å²) in [4.78, 5) is 6.58. The minimum Gasteiger partial charge on any atom is -0.352 e. The van der Waals surface area contributed by atoms with E-state index in [0.717, 1.165) is 36.1 Å². The molecule has 31 heavy (non-hydrogen) atoms. The van der Waals surface area contributed by atoms with Crippen LogP contribution in [0.3, 0.4) is 0 Å². The van der Waals surface area contributed by atoms with Crippen LogP contribution < -0.4 is 10.6 Å². The molecule has 3 rings (SSSR count). The molecular formula is C24H33IN6. The normalized spacial score (nSPS) is 11.4. The van der Waals surface area contributed by atoms with Gasteiger partial charge in [-0.05, 0) is 56.8 Å². The molecule has 166 valence electrons. The van der Waals surface area contributed by atoms with Crippen LogP contribution in [-0.2, 0) is 19.6 Å². The molecule has 1 aromatic heterocycles. The first kappa shape index (κ1) is 24.9.